The van der Waals surface area contributed by atoms with Gasteiger partial charge in [0.25, 0.3) is 0 Å². The molecule has 1 unspecified atom stereocenters. The highest BCUT2D eigenvalue weighted by molar-refractivity contribution is 5.03. The van der Waals surface area contributed by atoms with Crippen molar-refractivity contribution in [1.82, 2.24) is 10.2 Å². The summed E-state index contributed by atoms with van der Waals surface area (Å²) in [7, 11) is 2.26. The second-order valence-electron chi connectivity index (χ2n) is 7.04. The summed E-state index contributed by atoms with van der Waals surface area (Å²) in [4.78, 5) is 2.53. The Morgan fingerprint density at radius 2 is 1.90 bits per heavy atom. The molecule has 0 spiro atoms. The normalized spacial score (nSPS) is 25.5. The summed E-state index contributed by atoms with van der Waals surface area (Å²) < 4.78 is 0. The molecule has 1 aliphatic rings. The average molecular weight is 293 g/mol. The summed E-state index contributed by atoms with van der Waals surface area (Å²) in [5.74, 6) is 0.967. The van der Waals surface area contributed by atoms with Crippen molar-refractivity contribution >= 4 is 0 Å². The first kappa shape index (κ1) is 18.5. The van der Waals surface area contributed by atoms with Gasteiger partial charge in [-0.15, -0.1) is 0 Å². The van der Waals surface area contributed by atoms with Gasteiger partial charge in [-0.25, -0.2) is 0 Å². The molecule has 1 fully saturated rings. The molecule has 0 radical (unpaired) electrons. The van der Waals surface area contributed by atoms with Gasteiger partial charge >= 0.3 is 0 Å². The lowest BCUT2D eigenvalue weighted by atomic mass is 9.84. The molecule has 3 nitrogen and oxygen atoms in total. The third-order valence-electron chi connectivity index (χ3n) is 5.22. The lowest BCUT2D eigenvalue weighted by Crippen LogP contribution is -2.42. The highest BCUT2D eigenvalue weighted by atomic mass is 15.1. The van der Waals surface area contributed by atoms with Crippen molar-refractivity contribution in [2.45, 2.75) is 83.7 Å². The standard InChI is InChI=1S/C18H35N3/c1-5-13-20-18(3,15-19)12-7-14-21(4)17-10-8-16(6-2)9-11-17/h16-17,20H,5-14H2,1-4H3. The van der Waals surface area contributed by atoms with Crippen LogP contribution in [0.25, 0.3) is 0 Å². The van der Waals surface area contributed by atoms with Gasteiger partial charge in [0, 0.05) is 6.04 Å². The van der Waals surface area contributed by atoms with E-state index >= 15 is 0 Å². The Morgan fingerprint density at radius 1 is 1.24 bits per heavy atom. The molecule has 122 valence electrons. The first-order valence-electron chi connectivity index (χ1n) is 8.91. The Morgan fingerprint density at radius 3 is 2.43 bits per heavy atom. The van der Waals surface area contributed by atoms with Gasteiger partial charge in [-0.1, -0.05) is 20.3 Å². The highest BCUT2D eigenvalue weighted by Crippen LogP contribution is 2.29. The molecular formula is C18H35N3. The molecule has 1 rings (SSSR count). The van der Waals surface area contributed by atoms with E-state index in [9.17, 15) is 5.26 Å². The molecule has 0 bridgehead atoms. The van der Waals surface area contributed by atoms with Crippen LogP contribution in [-0.2, 0) is 0 Å². The summed E-state index contributed by atoms with van der Waals surface area (Å²) in [6, 6.07) is 3.22. The molecule has 0 aromatic carbocycles. The number of nitrogens with one attached hydrogen (secondary N) is 1. The van der Waals surface area contributed by atoms with E-state index in [1.807, 2.05) is 6.92 Å². The molecule has 1 aliphatic carbocycles. The van der Waals surface area contributed by atoms with Gasteiger partial charge in [0.1, 0.15) is 5.54 Å². The van der Waals surface area contributed by atoms with Crippen molar-refractivity contribution in [3.63, 3.8) is 0 Å². The van der Waals surface area contributed by atoms with E-state index in [-0.39, 0.29) is 5.54 Å². The van der Waals surface area contributed by atoms with E-state index in [2.05, 4.69) is 37.2 Å². The molecule has 0 heterocycles. The zero-order valence-corrected chi connectivity index (χ0v) is 14.6. The van der Waals surface area contributed by atoms with Crippen molar-refractivity contribution in [2.75, 3.05) is 20.1 Å². The molecule has 1 N–H and O–H groups in total. The molecule has 0 aromatic rings. The zero-order valence-electron chi connectivity index (χ0n) is 14.6. The van der Waals surface area contributed by atoms with Crippen LogP contribution in [0.4, 0.5) is 0 Å². The minimum Gasteiger partial charge on any atom is -0.303 e. The lowest BCUT2D eigenvalue weighted by molar-refractivity contribution is 0.159. The monoisotopic (exact) mass is 293 g/mol. The average Bonchev–Trinajstić information content (AvgIpc) is 2.53. The fourth-order valence-electron chi connectivity index (χ4n) is 3.44. The predicted molar refractivity (Wildman–Crippen MR) is 90.2 cm³/mol. The fraction of sp³-hybridized carbons (Fsp3) is 0.944. The van der Waals surface area contributed by atoms with Gasteiger partial charge in [0.15, 0.2) is 0 Å². The Kier molecular flexibility index (Phi) is 8.29. The SMILES string of the molecule is CCCNC(C)(C#N)CCCN(C)C1CCC(CC)CC1. The second-order valence-corrected chi connectivity index (χ2v) is 7.04. The van der Waals surface area contributed by atoms with E-state index in [1.54, 1.807) is 0 Å². The zero-order chi connectivity index (χ0) is 15.7. The maximum atomic E-state index is 9.36. The molecule has 0 aromatic heterocycles. The predicted octanol–water partition coefficient (Wildman–Crippen LogP) is 3.95. The number of rotatable bonds is 9. The Bertz CT molecular complexity index is 315. The third-order valence-corrected chi connectivity index (χ3v) is 5.22. The topological polar surface area (TPSA) is 39.1 Å². The number of nitriles is 1. The van der Waals surface area contributed by atoms with Gasteiger partial charge in [0.2, 0.25) is 0 Å². The van der Waals surface area contributed by atoms with E-state index < -0.39 is 0 Å². The van der Waals surface area contributed by atoms with Crippen LogP contribution in [0.3, 0.4) is 0 Å². The molecule has 0 amide bonds. The summed E-state index contributed by atoms with van der Waals surface area (Å²) in [6.45, 7) is 8.55. The molecule has 3 heteroatoms. The van der Waals surface area contributed by atoms with Crippen molar-refractivity contribution in [3.05, 3.63) is 0 Å². The first-order chi connectivity index (χ1) is 10.0. The fourth-order valence-corrected chi connectivity index (χ4v) is 3.44. The molecule has 1 atom stereocenters. The molecule has 1 saturated carbocycles. The van der Waals surface area contributed by atoms with E-state index in [0.717, 1.165) is 44.3 Å². The Labute approximate surface area is 132 Å². The molecule has 0 saturated heterocycles. The van der Waals surface area contributed by atoms with Crippen LogP contribution in [0, 0.1) is 17.2 Å². The number of hydrogen-bond donors (Lipinski definition) is 1. The van der Waals surface area contributed by atoms with Crippen LogP contribution in [0.1, 0.15) is 72.1 Å². The van der Waals surface area contributed by atoms with Gasteiger partial charge in [-0.05, 0) is 77.9 Å². The number of hydrogen-bond acceptors (Lipinski definition) is 3. The molecule has 21 heavy (non-hydrogen) atoms. The van der Waals surface area contributed by atoms with E-state index in [1.165, 1.54) is 32.1 Å². The smallest absolute Gasteiger partial charge is 0.103 e. The van der Waals surface area contributed by atoms with Crippen LogP contribution in [-0.4, -0.2) is 36.6 Å². The van der Waals surface area contributed by atoms with Crippen LogP contribution in [0.5, 0.6) is 0 Å². The van der Waals surface area contributed by atoms with Crippen molar-refractivity contribution in [3.8, 4) is 6.07 Å². The number of nitrogens with zero attached hydrogens (tertiary/aromatic N) is 2. The van der Waals surface area contributed by atoms with Gasteiger partial charge in [-0.3, -0.25) is 5.32 Å². The Hall–Kier alpha value is -0.590. The largest absolute Gasteiger partial charge is 0.303 e. The lowest BCUT2D eigenvalue weighted by Gasteiger charge is -2.35. The van der Waals surface area contributed by atoms with Crippen molar-refractivity contribution < 1.29 is 0 Å². The molecular weight excluding hydrogens is 258 g/mol. The second kappa shape index (κ2) is 9.43. The summed E-state index contributed by atoms with van der Waals surface area (Å²) >= 11 is 0. The van der Waals surface area contributed by atoms with Crippen LogP contribution >= 0.6 is 0 Å². The van der Waals surface area contributed by atoms with Crippen LogP contribution in [0.15, 0.2) is 0 Å². The van der Waals surface area contributed by atoms with Gasteiger partial charge < -0.3 is 4.90 Å². The maximum absolute atomic E-state index is 9.36. The van der Waals surface area contributed by atoms with Crippen LogP contribution < -0.4 is 5.32 Å². The van der Waals surface area contributed by atoms with Crippen molar-refractivity contribution in [1.29, 1.82) is 5.26 Å². The first-order valence-corrected chi connectivity index (χ1v) is 8.91. The van der Waals surface area contributed by atoms with E-state index in [0.29, 0.717) is 0 Å². The quantitative estimate of drug-likeness (QED) is 0.699. The van der Waals surface area contributed by atoms with Gasteiger partial charge in [-0.2, -0.15) is 5.26 Å². The molecule has 0 aliphatic heterocycles. The summed E-state index contributed by atoms with van der Waals surface area (Å²) in [5.41, 5.74) is -0.350. The van der Waals surface area contributed by atoms with Crippen molar-refractivity contribution in [2.24, 2.45) is 5.92 Å². The minimum atomic E-state index is -0.350. The third kappa shape index (κ3) is 6.36. The van der Waals surface area contributed by atoms with Gasteiger partial charge in [0.05, 0.1) is 6.07 Å². The van der Waals surface area contributed by atoms with Crippen LogP contribution in [0.2, 0.25) is 0 Å². The Balaban J connectivity index is 2.26. The summed E-state index contributed by atoms with van der Waals surface area (Å²) in [6.07, 6.45) is 10.00. The van der Waals surface area contributed by atoms with E-state index in [4.69, 9.17) is 0 Å². The summed E-state index contributed by atoms with van der Waals surface area (Å²) in [5, 5.41) is 12.7. The highest BCUT2D eigenvalue weighted by Gasteiger charge is 2.25. The maximum Gasteiger partial charge on any atom is 0.103 e. The minimum absolute atomic E-state index is 0.350.